The van der Waals surface area contributed by atoms with Gasteiger partial charge in [-0.05, 0) is 28.7 Å². The molecule has 0 spiro atoms. The van der Waals surface area contributed by atoms with Crippen LogP contribution in [-0.4, -0.2) is 22.4 Å². The molecular weight excluding hydrogens is 373 g/mol. The van der Waals surface area contributed by atoms with E-state index in [0.717, 1.165) is 6.07 Å². The molecule has 0 radical (unpaired) electrons. The number of pyridine rings is 1. The van der Waals surface area contributed by atoms with Crippen LogP contribution in [0.4, 0.5) is 17.6 Å². The number of nitrogens with zero attached hydrogens (tertiary/aromatic N) is 1. The quantitative estimate of drug-likeness (QED) is 0.497. The largest absolute Gasteiger partial charge is 0.573 e. The predicted molar refractivity (Wildman–Crippen MR) is 59.8 cm³/mol. The molecule has 1 aromatic heterocycles. The zero-order valence-corrected chi connectivity index (χ0v) is 10.7. The van der Waals surface area contributed by atoms with E-state index >= 15 is 0 Å². The lowest BCUT2D eigenvalue weighted by atomic mass is 10.1. The third kappa shape index (κ3) is 4.27. The molecule has 1 aromatic rings. The van der Waals surface area contributed by atoms with E-state index in [0.29, 0.717) is 0 Å². The van der Waals surface area contributed by atoms with Crippen LogP contribution < -0.4 is 4.74 Å². The number of carbonyl (C=O) groups is 1. The second-order valence-corrected chi connectivity index (χ2v) is 4.16. The fourth-order valence-electron chi connectivity index (χ4n) is 1.15. The minimum atomic E-state index is -4.91. The van der Waals surface area contributed by atoms with Gasteiger partial charge in [-0.2, -0.15) is 0 Å². The lowest BCUT2D eigenvalue weighted by Gasteiger charge is -2.12. The van der Waals surface area contributed by atoms with Gasteiger partial charge in [-0.1, -0.05) is 0 Å². The number of carboxylic acid groups (broad SMARTS) is 1. The van der Waals surface area contributed by atoms with Gasteiger partial charge in [0.15, 0.2) is 5.75 Å². The van der Waals surface area contributed by atoms with Crippen LogP contribution in [-0.2, 0) is 17.9 Å². The van der Waals surface area contributed by atoms with E-state index in [1.165, 1.54) is 22.6 Å². The van der Waals surface area contributed by atoms with Crippen LogP contribution >= 0.6 is 22.6 Å². The maximum atomic E-state index is 12.6. The lowest BCUT2D eigenvalue weighted by molar-refractivity contribution is -0.275. The zero-order chi connectivity index (χ0) is 13.9. The van der Waals surface area contributed by atoms with Crippen molar-refractivity contribution < 1.29 is 32.2 Å². The predicted octanol–water partition coefficient (Wildman–Crippen LogP) is 2.68. The summed E-state index contributed by atoms with van der Waals surface area (Å²) < 4.78 is 52.2. The molecule has 0 unspecified atom stereocenters. The number of alkyl halides is 4. The van der Waals surface area contributed by atoms with Gasteiger partial charge in [-0.3, -0.25) is 4.79 Å². The second kappa shape index (κ2) is 5.67. The Morgan fingerprint density at radius 1 is 1.50 bits per heavy atom. The number of hydrogen-bond donors (Lipinski definition) is 1. The van der Waals surface area contributed by atoms with Crippen LogP contribution in [0.5, 0.6) is 5.75 Å². The molecule has 1 heterocycles. The molecule has 0 amide bonds. The van der Waals surface area contributed by atoms with E-state index in [1.54, 1.807) is 0 Å². The fraction of sp³-hybridized carbons (Fsp3) is 0.333. The van der Waals surface area contributed by atoms with Crippen molar-refractivity contribution in [3.05, 3.63) is 21.0 Å². The van der Waals surface area contributed by atoms with Crippen LogP contribution in [0.25, 0.3) is 0 Å². The van der Waals surface area contributed by atoms with Gasteiger partial charge in [0, 0.05) is 5.56 Å². The molecule has 4 nitrogen and oxygen atoms in total. The minimum absolute atomic E-state index is 0.121. The number of aliphatic carboxylic acids is 1. The van der Waals surface area contributed by atoms with Crippen molar-refractivity contribution in [1.29, 1.82) is 0 Å². The highest BCUT2D eigenvalue weighted by Crippen LogP contribution is 2.29. The average Bonchev–Trinajstić information content (AvgIpc) is 2.19. The van der Waals surface area contributed by atoms with E-state index in [1.807, 2.05) is 0 Å². The van der Waals surface area contributed by atoms with Gasteiger partial charge in [-0.25, -0.2) is 9.37 Å². The standard InChI is InChI=1S/C9H6F4INO3/c10-3-4-1-6(18-9(11,12)13)8(14)15-5(4)2-7(16)17/h1H,2-3H2,(H,16,17). The Balaban J connectivity index is 3.13. The summed E-state index contributed by atoms with van der Waals surface area (Å²) in [5, 5.41) is 8.56. The molecule has 0 fully saturated rings. The van der Waals surface area contributed by atoms with Gasteiger partial charge in [0.25, 0.3) is 0 Å². The summed E-state index contributed by atoms with van der Waals surface area (Å²) in [6, 6.07) is 0.806. The van der Waals surface area contributed by atoms with Gasteiger partial charge >= 0.3 is 12.3 Å². The summed E-state index contributed by atoms with van der Waals surface area (Å²) in [6.07, 6.45) is -5.48. The molecule has 0 saturated heterocycles. The lowest BCUT2D eigenvalue weighted by Crippen LogP contribution is -2.19. The number of aromatic nitrogens is 1. The monoisotopic (exact) mass is 379 g/mol. The Morgan fingerprint density at radius 2 is 2.11 bits per heavy atom. The SMILES string of the molecule is O=C(O)Cc1nc(I)c(OC(F)(F)F)cc1CF. The Labute approximate surface area is 112 Å². The molecule has 0 atom stereocenters. The number of rotatable bonds is 4. The van der Waals surface area contributed by atoms with E-state index in [4.69, 9.17) is 5.11 Å². The highest BCUT2D eigenvalue weighted by atomic mass is 127. The van der Waals surface area contributed by atoms with Crippen molar-refractivity contribution in [2.45, 2.75) is 19.5 Å². The average molecular weight is 379 g/mol. The van der Waals surface area contributed by atoms with E-state index < -0.39 is 31.2 Å². The third-order valence-electron chi connectivity index (χ3n) is 1.80. The highest BCUT2D eigenvalue weighted by Gasteiger charge is 2.32. The first-order valence-corrected chi connectivity index (χ1v) is 5.52. The van der Waals surface area contributed by atoms with Crippen molar-refractivity contribution in [3.63, 3.8) is 0 Å². The molecule has 1 rings (SSSR count). The van der Waals surface area contributed by atoms with E-state index in [-0.39, 0.29) is 15.0 Å². The Morgan fingerprint density at radius 3 is 2.56 bits per heavy atom. The first-order valence-electron chi connectivity index (χ1n) is 4.44. The highest BCUT2D eigenvalue weighted by molar-refractivity contribution is 14.1. The van der Waals surface area contributed by atoms with Crippen LogP contribution in [0.15, 0.2) is 6.07 Å². The van der Waals surface area contributed by atoms with Gasteiger partial charge in [0.2, 0.25) is 0 Å². The molecule has 9 heteroatoms. The molecule has 100 valence electrons. The molecule has 0 aliphatic heterocycles. The van der Waals surface area contributed by atoms with Crippen molar-refractivity contribution >= 4 is 28.6 Å². The summed E-state index contributed by atoms with van der Waals surface area (Å²) in [5.74, 6) is -1.90. The topological polar surface area (TPSA) is 59.4 Å². The zero-order valence-electron chi connectivity index (χ0n) is 8.59. The number of hydrogen-bond acceptors (Lipinski definition) is 3. The fourth-order valence-corrected chi connectivity index (χ4v) is 1.71. The molecule has 0 aromatic carbocycles. The number of halogens is 5. The molecule has 0 bridgehead atoms. The molecule has 0 aliphatic carbocycles. The van der Waals surface area contributed by atoms with Gasteiger partial charge in [-0.15, -0.1) is 13.2 Å². The number of ether oxygens (including phenoxy) is 1. The summed E-state index contributed by atoms with van der Waals surface area (Å²) in [4.78, 5) is 14.1. The maximum Gasteiger partial charge on any atom is 0.573 e. The molecule has 18 heavy (non-hydrogen) atoms. The summed E-state index contributed by atoms with van der Waals surface area (Å²) in [5.41, 5.74) is -0.360. The Kier molecular flexibility index (Phi) is 4.71. The second-order valence-electron chi connectivity index (χ2n) is 3.14. The minimum Gasteiger partial charge on any atom is -0.481 e. The van der Waals surface area contributed by atoms with Crippen LogP contribution in [0.3, 0.4) is 0 Å². The summed E-state index contributed by atoms with van der Waals surface area (Å²) >= 11 is 1.45. The smallest absolute Gasteiger partial charge is 0.481 e. The Hall–Kier alpha value is -1.13. The molecular formula is C9H6F4INO3. The van der Waals surface area contributed by atoms with Gasteiger partial charge in [0.05, 0.1) is 12.1 Å². The molecule has 0 saturated carbocycles. The van der Waals surface area contributed by atoms with Crippen molar-refractivity contribution in [3.8, 4) is 5.75 Å². The van der Waals surface area contributed by atoms with E-state index in [9.17, 15) is 22.4 Å². The van der Waals surface area contributed by atoms with Crippen molar-refractivity contribution in [2.75, 3.05) is 0 Å². The first kappa shape index (κ1) is 14.9. The normalized spacial score (nSPS) is 11.4. The molecule has 1 N–H and O–H groups in total. The van der Waals surface area contributed by atoms with Crippen molar-refractivity contribution in [1.82, 2.24) is 4.98 Å². The molecule has 0 aliphatic rings. The van der Waals surface area contributed by atoms with Crippen LogP contribution in [0, 0.1) is 3.70 Å². The van der Waals surface area contributed by atoms with Gasteiger partial charge in [0.1, 0.15) is 10.4 Å². The Bertz CT molecular complexity index is 464. The summed E-state index contributed by atoms with van der Waals surface area (Å²) in [7, 11) is 0. The summed E-state index contributed by atoms with van der Waals surface area (Å²) in [6.45, 7) is -1.12. The third-order valence-corrected chi connectivity index (χ3v) is 2.57. The first-order chi connectivity index (χ1) is 8.23. The van der Waals surface area contributed by atoms with Gasteiger partial charge < -0.3 is 9.84 Å². The number of carboxylic acids is 1. The maximum absolute atomic E-state index is 12.6. The van der Waals surface area contributed by atoms with Crippen LogP contribution in [0.1, 0.15) is 11.3 Å². The van der Waals surface area contributed by atoms with Crippen LogP contribution in [0.2, 0.25) is 0 Å². The van der Waals surface area contributed by atoms with E-state index in [2.05, 4.69) is 9.72 Å². The van der Waals surface area contributed by atoms with Crippen molar-refractivity contribution in [2.24, 2.45) is 0 Å².